The lowest BCUT2D eigenvalue weighted by Crippen LogP contribution is -2.47. The lowest BCUT2D eigenvalue weighted by Gasteiger charge is -2.26. The van der Waals surface area contributed by atoms with Crippen LogP contribution in [0.4, 0.5) is 0 Å². The molecule has 3 rings (SSSR count). The van der Waals surface area contributed by atoms with E-state index in [1.807, 2.05) is 18.8 Å². The Bertz CT molecular complexity index is 554. The lowest BCUT2D eigenvalue weighted by molar-refractivity contribution is 0.245. The second kappa shape index (κ2) is 11.4. The minimum absolute atomic E-state index is 0. The molecule has 0 bridgehead atoms. The van der Waals surface area contributed by atoms with E-state index < -0.39 is 0 Å². The second-order valence-corrected chi connectivity index (χ2v) is 8.36. The molecule has 1 saturated carbocycles. The van der Waals surface area contributed by atoms with Gasteiger partial charge in [-0.3, -0.25) is 9.89 Å². The molecule has 6 heteroatoms. The first-order valence-corrected chi connectivity index (χ1v) is 10.8. The van der Waals surface area contributed by atoms with Crippen molar-refractivity contribution in [2.75, 3.05) is 26.4 Å². The molecule has 1 heterocycles. The van der Waals surface area contributed by atoms with Crippen molar-refractivity contribution in [1.82, 2.24) is 15.5 Å². The highest BCUT2D eigenvalue weighted by Crippen LogP contribution is 2.28. The van der Waals surface area contributed by atoms with Gasteiger partial charge in [0.1, 0.15) is 0 Å². The van der Waals surface area contributed by atoms with Gasteiger partial charge in [0.05, 0.1) is 0 Å². The average Bonchev–Trinajstić information content (AvgIpc) is 3.28. The van der Waals surface area contributed by atoms with Crippen molar-refractivity contribution < 1.29 is 0 Å². The van der Waals surface area contributed by atoms with E-state index in [4.69, 9.17) is 0 Å². The van der Waals surface area contributed by atoms with Gasteiger partial charge < -0.3 is 10.6 Å². The van der Waals surface area contributed by atoms with Crippen LogP contribution in [0.1, 0.15) is 37.7 Å². The Kier molecular flexibility index (Phi) is 9.56. The zero-order chi connectivity index (χ0) is 17.5. The van der Waals surface area contributed by atoms with Gasteiger partial charge in [0.2, 0.25) is 0 Å². The molecule has 1 aromatic carbocycles. The van der Waals surface area contributed by atoms with E-state index in [9.17, 15) is 0 Å². The quantitative estimate of drug-likeness (QED) is 0.364. The Labute approximate surface area is 180 Å². The van der Waals surface area contributed by atoms with Gasteiger partial charge in [0, 0.05) is 37.5 Å². The lowest BCUT2D eigenvalue weighted by atomic mass is 10.2. The molecule has 4 nitrogen and oxygen atoms in total. The van der Waals surface area contributed by atoms with Crippen LogP contribution in [0.2, 0.25) is 0 Å². The van der Waals surface area contributed by atoms with Gasteiger partial charge in [0.25, 0.3) is 0 Å². The van der Waals surface area contributed by atoms with Crippen molar-refractivity contribution >= 4 is 41.7 Å². The molecule has 1 saturated heterocycles. The Hall–Kier alpha value is -0.470. The summed E-state index contributed by atoms with van der Waals surface area (Å²) in [5.74, 6) is 0.971. The Morgan fingerprint density at radius 3 is 2.73 bits per heavy atom. The predicted octanol–water partition coefficient (Wildman–Crippen LogP) is 3.72. The number of hydrogen-bond acceptors (Lipinski definition) is 3. The van der Waals surface area contributed by atoms with Crippen LogP contribution in [0.25, 0.3) is 0 Å². The van der Waals surface area contributed by atoms with Crippen molar-refractivity contribution in [3.05, 3.63) is 35.9 Å². The second-order valence-electron chi connectivity index (χ2n) is 7.22. The van der Waals surface area contributed by atoms with Crippen molar-refractivity contribution in [3.8, 4) is 0 Å². The van der Waals surface area contributed by atoms with Gasteiger partial charge in [-0.25, -0.2) is 0 Å². The zero-order valence-corrected chi connectivity index (χ0v) is 19.1. The summed E-state index contributed by atoms with van der Waals surface area (Å²) in [4.78, 5) is 7.05. The van der Waals surface area contributed by atoms with Crippen LogP contribution in [0.15, 0.2) is 35.3 Å². The van der Waals surface area contributed by atoms with Crippen LogP contribution in [-0.2, 0) is 6.54 Å². The third-order valence-corrected chi connectivity index (χ3v) is 6.61. The summed E-state index contributed by atoms with van der Waals surface area (Å²) in [6.45, 7) is 3.23. The van der Waals surface area contributed by atoms with Gasteiger partial charge in [-0.2, -0.15) is 11.8 Å². The molecule has 1 aliphatic carbocycles. The molecule has 0 amide bonds. The van der Waals surface area contributed by atoms with Gasteiger partial charge >= 0.3 is 0 Å². The highest BCUT2D eigenvalue weighted by atomic mass is 127. The maximum Gasteiger partial charge on any atom is 0.191 e. The molecular formula is C20H33IN4S. The fourth-order valence-corrected chi connectivity index (χ4v) is 4.84. The van der Waals surface area contributed by atoms with E-state index >= 15 is 0 Å². The zero-order valence-electron chi connectivity index (χ0n) is 16.0. The van der Waals surface area contributed by atoms with Crippen LogP contribution in [0.3, 0.4) is 0 Å². The Morgan fingerprint density at radius 2 is 2.04 bits per heavy atom. The first-order valence-electron chi connectivity index (χ1n) is 9.56. The first kappa shape index (κ1) is 21.8. The van der Waals surface area contributed by atoms with Gasteiger partial charge in [-0.1, -0.05) is 30.3 Å². The summed E-state index contributed by atoms with van der Waals surface area (Å²) < 4.78 is 0. The summed E-state index contributed by atoms with van der Waals surface area (Å²) in [6.07, 6.45) is 8.63. The largest absolute Gasteiger partial charge is 0.355 e. The molecule has 2 aliphatic rings. The Morgan fingerprint density at radius 1 is 1.23 bits per heavy atom. The highest BCUT2D eigenvalue weighted by molar-refractivity contribution is 14.0. The molecule has 0 spiro atoms. The van der Waals surface area contributed by atoms with E-state index in [-0.39, 0.29) is 24.0 Å². The van der Waals surface area contributed by atoms with Crippen molar-refractivity contribution in [1.29, 1.82) is 0 Å². The number of guanidine groups is 1. The maximum atomic E-state index is 4.44. The van der Waals surface area contributed by atoms with E-state index in [0.29, 0.717) is 12.1 Å². The SMILES string of the molecule is CN=C(NCC1CCCN1Cc1ccccc1)NC1CCC(SC)C1.I. The van der Waals surface area contributed by atoms with Gasteiger partial charge in [-0.15, -0.1) is 24.0 Å². The standard InChI is InChI=1S/C20H32N4S.HI/c1-21-20(23-17-10-11-19(13-17)25-2)22-14-18-9-6-12-24(18)15-16-7-4-3-5-8-16;/h3-5,7-8,17-19H,6,9-15H2,1-2H3,(H2,21,22,23);1H. The number of likely N-dealkylation sites (tertiary alicyclic amines) is 1. The fraction of sp³-hybridized carbons (Fsp3) is 0.650. The number of hydrogen-bond donors (Lipinski definition) is 2. The number of rotatable bonds is 6. The Balaban J connectivity index is 0.00000243. The van der Waals surface area contributed by atoms with Crippen LogP contribution in [0.5, 0.6) is 0 Å². The van der Waals surface area contributed by atoms with E-state index in [0.717, 1.165) is 24.3 Å². The molecule has 0 radical (unpaired) electrons. The number of nitrogens with one attached hydrogen (secondary N) is 2. The van der Waals surface area contributed by atoms with Crippen LogP contribution in [0, 0.1) is 0 Å². The maximum absolute atomic E-state index is 4.44. The number of aliphatic imine (C=N–C) groups is 1. The number of nitrogens with zero attached hydrogens (tertiary/aromatic N) is 2. The predicted molar refractivity (Wildman–Crippen MR) is 125 cm³/mol. The molecule has 3 atom stereocenters. The minimum Gasteiger partial charge on any atom is -0.355 e. The molecule has 0 aromatic heterocycles. The van der Waals surface area contributed by atoms with Crippen LogP contribution < -0.4 is 10.6 Å². The smallest absolute Gasteiger partial charge is 0.191 e. The first-order chi connectivity index (χ1) is 12.3. The van der Waals surface area contributed by atoms with Crippen molar-refractivity contribution in [2.24, 2.45) is 4.99 Å². The summed E-state index contributed by atoms with van der Waals surface area (Å²) in [7, 11) is 1.88. The third-order valence-electron chi connectivity index (χ3n) is 5.51. The van der Waals surface area contributed by atoms with Gasteiger partial charge in [-0.05, 0) is 50.5 Å². The fourth-order valence-electron chi connectivity index (χ4n) is 4.04. The van der Waals surface area contributed by atoms with Crippen molar-refractivity contribution in [2.45, 2.75) is 56.0 Å². The van der Waals surface area contributed by atoms with Crippen LogP contribution >= 0.6 is 35.7 Å². The highest BCUT2D eigenvalue weighted by Gasteiger charge is 2.26. The summed E-state index contributed by atoms with van der Waals surface area (Å²) in [5.41, 5.74) is 1.41. The van der Waals surface area contributed by atoms with E-state index in [1.165, 1.54) is 44.2 Å². The minimum atomic E-state index is 0. The summed E-state index contributed by atoms with van der Waals surface area (Å²) in [5, 5.41) is 8.01. The van der Waals surface area contributed by atoms with Crippen LogP contribution in [-0.4, -0.2) is 54.6 Å². The topological polar surface area (TPSA) is 39.7 Å². The normalized spacial score (nSPS) is 26.5. The molecule has 2 N–H and O–H groups in total. The van der Waals surface area contributed by atoms with E-state index in [2.05, 4.69) is 57.1 Å². The average molecular weight is 488 g/mol. The number of thioether (sulfide) groups is 1. The summed E-state index contributed by atoms with van der Waals surface area (Å²) >= 11 is 2.00. The molecule has 26 heavy (non-hydrogen) atoms. The van der Waals surface area contributed by atoms with E-state index in [1.54, 1.807) is 0 Å². The molecule has 2 fully saturated rings. The van der Waals surface area contributed by atoms with Gasteiger partial charge in [0.15, 0.2) is 5.96 Å². The summed E-state index contributed by atoms with van der Waals surface area (Å²) in [6, 6.07) is 12.0. The molecule has 3 unspecified atom stereocenters. The molecular weight excluding hydrogens is 455 g/mol. The monoisotopic (exact) mass is 488 g/mol. The third kappa shape index (κ3) is 6.30. The number of benzene rings is 1. The van der Waals surface area contributed by atoms with Crippen molar-refractivity contribution in [3.63, 3.8) is 0 Å². The molecule has 1 aromatic rings. The molecule has 146 valence electrons. The number of halogens is 1. The molecule has 1 aliphatic heterocycles.